The number of ether oxygens (including phenoxy) is 1. The number of benzene rings is 3. The third-order valence-electron chi connectivity index (χ3n) is 5.88. The number of rotatable bonds is 14. The summed E-state index contributed by atoms with van der Waals surface area (Å²) in [6.45, 7) is 7.32. The second-order valence-corrected chi connectivity index (χ2v) is 14.0. The molecule has 0 aliphatic heterocycles. The molecule has 0 saturated carbocycles. The number of carbonyl (C=O) groups excluding carboxylic acids is 1. The summed E-state index contributed by atoms with van der Waals surface area (Å²) in [4.78, 5) is 22.9. The maximum Gasteiger partial charge on any atom is 0.339 e. The van der Waals surface area contributed by atoms with Crippen LogP contribution >= 0.6 is 15.9 Å². The van der Waals surface area contributed by atoms with E-state index in [1.807, 2.05) is 20.8 Å². The van der Waals surface area contributed by atoms with Gasteiger partial charge in [-0.1, -0.05) is 37.6 Å². The molecule has 16 heteroatoms. The number of nitrogens with zero attached hydrogens (tertiary/aromatic N) is 2. The molecule has 13 nitrogen and oxygen atoms in total. The average Bonchev–Trinajstić information content (AvgIpc) is 2.94. The molecule has 0 saturated heterocycles. The molecule has 0 aromatic heterocycles. The molecule has 0 spiro atoms. The lowest BCUT2D eigenvalue weighted by atomic mass is 10.0. The molecular formula is C28H31BrN4O9S2. The van der Waals surface area contributed by atoms with Crippen LogP contribution in [-0.4, -0.2) is 46.5 Å². The van der Waals surface area contributed by atoms with E-state index in [9.17, 15) is 31.7 Å². The molecule has 2 N–H and O–H groups in total. The summed E-state index contributed by atoms with van der Waals surface area (Å²) in [6.07, 6.45) is 1.46. The molecule has 3 aromatic carbocycles. The van der Waals surface area contributed by atoms with Gasteiger partial charge < -0.3 is 8.92 Å². The Kier molecular flexibility index (Phi) is 11.6. The van der Waals surface area contributed by atoms with E-state index >= 15 is 0 Å². The van der Waals surface area contributed by atoms with Crippen molar-refractivity contribution in [3.05, 3.63) is 86.4 Å². The molecule has 3 aromatic rings. The second-order valence-electron chi connectivity index (χ2n) is 9.91. The lowest BCUT2D eigenvalue weighted by molar-refractivity contribution is -0.385. The Hall–Kier alpha value is -3.86. The first-order valence-corrected chi connectivity index (χ1v) is 16.9. The Morgan fingerprint density at radius 1 is 1.07 bits per heavy atom. The van der Waals surface area contributed by atoms with E-state index in [1.54, 1.807) is 19.1 Å². The molecule has 236 valence electrons. The zero-order valence-electron chi connectivity index (χ0n) is 24.2. The number of hydrogen-bond acceptors (Lipinski definition) is 10. The van der Waals surface area contributed by atoms with Crippen LogP contribution in [0.1, 0.15) is 38.3 Å². The Balaban J connectivity index is 1.81. The zero-order valence-corrected chi connectivity index (χ0v) is 27.4. The topological polar surface area (TPSA) is 183 Å². The van der Waals surface area contributed by atoms with Crippen LogP contribution in [0.5, 0.6) is 11.5 Å². The van der Waals surface area contributed by atoms with Crippen molar-refractivity contribution in [2.24, 2.45) is 11.0 Å². The van der Waals surface area contributed by atoms with Crippen LogP contribution in [0, 0.1) is 23.0 Å². The average molecular weight is 712 g/mol. The minimum atomic E-state index is -4.49. The van der Waals surface area contributed by atoms with Gasteiger partial charge >= 0.3 is 10.1 Å². The minimum Gasteiger partial charge on any atom is -0.490 e. The van der Waals surface area contributed by atoms with E-state index in [-0.39, 0.29) is 39.8 Å². The monoisotopic (exact) mass is 710 g/mol. The SMILES string of the molecule is CCOc1cc(/C=N\NC(=O)[C@H](CC(C)C)NS(=O)(=O)c2ccc(C)cc2)cc(Br)c1OS(=O)(=O)c1cccc([N+](=O)[O-])c1. The lowest BCUT2D eigenvalue weighted by Crippen LogP contribution is -2.46. The van der Waals surface area contributed by atoms with E-state index in [4.69, 9.17) is 8.92 Å². The molecular weight excluding hydrogens is 680 g/mol. The molecule has 0 heterocycles. The van der Waals surface area contributed by atoms with Crippen LogP contribution in [0.3, 0.4) is 0 Å². The molecule has 1 amide bonds. The molecule has 0 aliphatic rings. The minimum absolute atomic E-state index is 0.00667. The van der Waals surface area contributed by atoms with Gasteiger partial charge in [-0.05, 0) is 78.0 Å². The molecule has 0 radical (unpaired) electrons. The van der Waals surface area contributed by atoms with Gasteiger partial charge in [0, 0.05) is 12.1 Å². The van der Waals surface area contributed by atoms with Gasteiger partial charge in [0.1, 0.15) is 10.9 Å². The summed E-state index contributed by atoms with van der Waals surface area (Å²) in [7, 11) is -8.48. The van der Waals surface area contributed by atoms with Gasteiger partial charge in [-0.3, -0.25) is 14.9 Å². The van der Waals surface area contributed by atoms with Crippen molar-refractivity contribution in [1.82, 2.24) is 10.1 Å². The van der Waals surface area contributed by atoms with Gasteiger partial charge in [0.25, 0.3) is 11.6 Å². The number of nitrogens with one attached hydrogen (secondary N) is 2. The first-order valence-electron chi connectivity index (χ1n) is 13.2. The predicted octanol–water partition coefficient (Wildman–Crippen LogP) is 4.68. The number of nitro benzene ring substituents is 1. The molecule has 3 rings (SSSR count). The molecule has 1 atom stereocenters. The highest BCUT2D eigenvalue weighted by molar-refractivity contribution is 9.10. The maximum atomic E-state index is 13.0. The van der Waals surface area contributed by atoms with Gasteiger partial charge in [-0.2, -0.15) is 18.2 Å². The fraction of sp³-hybridized carbons (Fsp3) is 0.286. The fourth-order valence-electron chi connectivity index (χ4n) is 3.82. The number of carbonyl (C=O) groups is 1. The first-order chi connectivity index (χ1) is 20.6. The van der Waals surface area contributed by atoms with Crippen LogP contribution in [0.15, 0.2) is 80.0 Å². The Morgan fingerprint density at radius 3 is 2.36 bits per heavy atom. The molecule has 0 unspecified atom stereocenters. The number of sulfonamides is 1. The largest absolute Gasteiger partial charge is 0.490 e. The molecule has 44 heavy (non-hydrogen) atoms. The van der Waals surface area contributed by atoms with Gasteiger partial charge in [-0.25, -0.2) is 13.8 Å². The van der Waals surface area contributed by atoms with Crippen LogP contribution in [-0.2, 0) is 24.9 Å². The van der Waals surface area contributed by atoms with Crippen LogP contribution < -0.4 is 19.1 Å². The number of halogens is 1. The standard InChI is InChI=1S/C28H31BrN4O9S2/c1-5-41-26-15-20(14-24(29)27(26)42-44(39,40)23-8-6-7-21(16-23)33(35)36)17-30-31-28(34)25(13-18(2)3)32-43(37,38)22-11-9-19(4)10-12-22/h6-12,14-18,25,32H,5,13H2,1-4H3,(H,31,34)/b30-17-/t25-/m0/s1. The van der Waals surface area contributed by atoms with Crippen molar-refractivity contribution < 1.29 is 35.5 Å². The van der Waals surface area contributed by atoms with Gasteiger partial charge in [0.05, 0.1) is 27.1 Å². The zero-order chi connectivity index (χ0) is 32.7. The van der Waals surface area contributed by atoms with E-state index in [0.717, 1.165) is 23.8 Å². The van der Waals surface area contributed by atoms with Gasteiger partial charge in [0.15, 0.2) is 11.5 Å². The van der Waals surface area contributed by atoms with Crippen LogP contribution in [0.4, 0.5) is 5.69 Å². The van der Waals surface area contributed by atoms with Crippen molar-refractivity contribution in [2.75, 3.05) is 6.61 Å². The smallest absolute Gasteiger partial charge is 0.339 e. The highest BCUT2D eigenvalue weighted by Gasteiger charge is 2.27. The van der Waals surface area contributed by atoms with Crippen LogP contribution in [0.25, 0.3) is 0 Å². The Bertz CT molecular complexity index is 1760. The quantitative estimate of drug-likeness (QED) is 0.104. The van der Waals surface area contributed by atoms with E-state index in [1.165, 1.54) is 36.5 Å². The van der Waals surface area contributed by atoms with Crippen molar-refractivity contribution in [1.29, 1.82) is 0 Å². The van der Waals surface area contributed by atoms with Crippen LogP contribution in [0.2, 0.25) is 0 Å². The number of hydrazone groups is 1. The summed E-state index contributed by atoms with van der Waals surface area (Å²) in [6, 6.07) is 12.4. The van der Waals surface area contributed by atoms with Crippen molar-refractivity contribution in [2.45, 2.75) is 49.9 Å². The predicted molar refractivity (Wildman–Crippen MR) is 167 cm³/mol. The normalized spacial score (nSPS) is 12.7. The Morgan fingerprint density at radius 2 is 1.75 bits per heavy atom. The van der Waals surface area contributed by atoms with Gasteiger partial charge in [-0.15, -0.1) is 0 Å². The molecule has 0 bridgehead atoms. The number of hydrogen-bond donors (Lipinski definition) is 2. The third-order valence-corrected chi connectivity index (χ3v) is 9.18. The van der Waals surface area contributed by atoms with Gasteiger partial charge in [0.2, 0.25) is 10.0 Å². The fourth-order valence-corrected chi connectivity index (χ4v) is 6.67. The van der Waals surface area contributed by atoms with Crippen molar-refractivity contribution >= 4 is 53.9 Å². The molecule has 0 aliphatic carbocycles. The number of aryl methyl sites for hydroxylation is 1. The Labute approximate surface area is 264 Å². The highest BCUT2D eigenvalue weighted by Crippen LogP contribution is 2.38. The van der Waals surface area contributed by atoms with E-state index in [2.05, 4.69) is 31.2 Å². The van der Waals surface area contributed by atoms with Crippen molar-refractivity contribution in [3.8, 4) is 11.5 Å². The summed E-state index contributed by atoms with van der Waals surface area (Å²) in [5.74, 6) is -0.905. The van der Waals surface area contributed by atoms with Crippen molar-refractivity contribution in [3.63, 3.8) is 0 Å². The summed E-state index contributed by atoms with van der Waals surface area (Å²) < 4.78 is 65.1. The number of non-ortho nitro benzene ring substituents is 1. The first kappa shape index (κ1) is 34.6. The van der Waals surface area contributed by atoms with E-state index < -0.39 is 47.6 Å². The third kappa shape index (κ3) is 9.32. The number of nitro groups is 1. The summed E-state index contributed by atoms with van der Waals surface area (Å²) in [5, 5.41) is 15.0. The number of amides is 1. The lowest BCUT2D eigenvalue weighted by Gasteiger charge is -2.19. The molecule has 0 fully saturated rings. The highest BCUT2D eigenvalue weighted by atomic mass is 79.9. The van der Waals surface area contributed by atoms with E-state index in [0.29, 0.717) is 5.56 Å². The summed E-state index contributed by atoms with van der Waals surface area (Å²) in [5.41, 5.74) is 3.17. The summed E-state index contributed by atoms with van der Waals surface area (Å²) >= 11 is 3.26. The second kappa shape index (κ2) is 14.7. The maximum absolute atomic E-state index is 13.0.